The first-order valence-corrected chi connectivity index (χ1v) is 6.30. The summed E-state index contributed by atoms with van der Waals surface area (Å²) >= 11 is 1.51. The Bertz CT molecular complexity index is 725. The lowest BCUT2D eigenvalue weighted by molar-refractivity contribution is 1.19. The lowest BCUT2D eigenvalue weighted by Gasteiger charge is -2.05. The Hall–Kier alpha value is -2.81. The van der Waals surface area contributed by atoms with Gasteiger partial charge in [-0.05, 0) is 24.3 Å². The van der Waals surface area contributed by atoms with Crippen LogP contribution in [0.4, 0.5) is 5.69 Å². The molecule has 0 unspecified atom stereocenters. The van der Waals surface area contributed by atoms with Crippen LogP contribution in [0.25, 0.3) is 0 Å². The molecule has 0 saturated carbocycles. The predicted octanol–water partition coefficient (Wildman–Crippen LogP) is 2.98. The molecule has 2 rings (SSSR count). The highest BCUT2D eigenvalue weighted by Gasteiger charge is 2.03. The maximum absolute atomic E-state index is 8.93. The number of benzene rings is 1. The minimum absolute atomic E-state index is 0.358. The molecule has 1 N–H and O–H groups in total. The molecule has 0 atom stereocenters. The normalized spacial score (nSPS) is 9.11. The van der Waals surface area contributed by atoms with Crippen molar-refractivity contribution in [2.24, 2.45) is 0 Å². The Balaban J connectivity index is 2.11. The van der Waals surface area contributed by atoms with Crippen LogP contribution in [0.5, 0.6) is 0 Å². The second-order valence-electron chi connectivity index (χ2n) is 3.75. The summed E-state index contributed by atoms with van der Waals surface area (Å²) in [5.74, 6) is 0. The number of hydrogen-bond acceptors (Lipinski definition) is 5. The van der Waals surface area contributed by atoms with E-state index in [1.54, 1.807) is 23.6 Å². The zero-order valence-corrected chi connectivity index (χ0v) is 10.7. The Morgan fingerprint density at radius 3 is 2.42 bits per heavy atom. The van der Waals surface area contributed by atoms with Gasteiger partial charge in [-0.2, -0.15) is 15.8 Å². The number of nitrogens with zero attached hydrogens (tertiary/aromatic N) is 3. The second-order valence-corrected chi connectivity index (χ2v) is 4.75. The topological polar surface area (TPSA) is 83.4 Å². The van der Waals surface area contributed by atoms with Gasteiger partial charge in [0.25, 0.3) is 0 Å². The van der Waals surface area contributed by atoms with E-state index in [1.165, 1.54) is 11.3 Å². The van der Waals surface area contributed by atoms with Crippen LogP contribution in [0.1, 0.15) is 21.6 Å². The standard InChI is InChI=1S/C14H8N4S/c15-5-10-3-14(19-9-10)8-18-13-2-1-11(6-16)12(4-13)7-17/h1-4,9,18H,8H2. The first-order valence-electron chi connectivity index (χ1n) is 5.42. The molecule has 0 radical (unpaired) electrons. The Morgan fingerprint density at radius 2 is 1.79 bits per heavy atom. The molecule has 19 heavy (non-hydrogen) atoms. The highest BCUT2D eigenvalue weighted by atomic mass is 32.1. The number of anilines is 1. The van der Waals surface area contributed by atoms with Crippen molar-refractivity contribution < 1.29 is 0 Å². The Kier molecular flexibility index (Phi) is 3.78. The van der Waals surface area contributed by atoms with E-state index < -0.39 is 0 Å². The highest BCUT2D eigenvalue weighted by molar-refractivity contribution is 7.10. The molecule has 0 aliphatic carbocycles. The highest BCUT2D eigenvalue weighted by Crippen LogP contribution is 2.18. The third kappa shape index (κ3) is 2.90. The van der Waals surface area contributed by atoms with Crippen molar-refractivity contribution >= 4 is 17.0 Å². The van der Waals surface area contributed by atoms with E-state index in [0.717, 1.165) is 10.6 Å². The number of thiophene rings is 1. The molecule has 5 heteroatoms. The average molecular weight is 264 g/mol. The molecule has 0 amide bonds. The minimum Gasteiger partial charge on any atom is -0.380 e. The molecule has 0 spiro atoms. The lowest BCUT2D eigenvalue weighted by atomic mass is 10.1. The minimum atomic E-state index is 0.358. The molecular weight excluding hydrogens is 256 g/mol. The largest absolute Gasteiger partial charge is 0.380 e. The molecular formula is C14H8N4S. The van der Waals surface area contributed by atoms with Gasteiger partial charge in [-0.25, -0.2) is 0 Å². The van der Waals surface area contributed by atoms with Gasteiger partial charge in [0.1, 0.15) is 18.2 Å². The van der Waals surface area contributed by atoms with Gasteiger partial charge in [-0.15, -0.1) is 11.3 Å². The van der Waals surface area contributed by atoms with Gasteiger partial charge in [0.15, 0.2) is 0 Å². The van der Waals surface area contributed by atoms with E-state index in [-0.39, 0.29) is 0 Å². The fourth-order valence-corrected chi connectivity index (χ4v) is 2.31. The van der Waals surface area contributed by atoms with Crippen LogP contribution in [0.15, 0.2) is 29.6 Å². The van der Waals surface area contributed by atoms with Gasteiger partial charge in [-0.1, -0.05) is 0 Å². The summed E-state index contributed by atoms with van der Waals surface area (Å²) in [4.78, 5) is 1.04. The number of hydrogen-bond donors (Lipinski definition) is 1. The second kappa shape index (κ2) is 5.69. The maximum atomic E-state index is 8.93. The Labute approximate surface area is 114 Å². The summed E-state index contributed by atoms with van der Waals surface area (Å²) in [5, 5.41) is 31.5. The quantitative estimate of drug-likeness (QED) is 0.923. The van der Waals surface area contributed by atoms with Crippen LogP contribution in [-0.4, -0.2) is 0 Å². The molecule has 1 aromatic heterocycles. The molecule has 1 heterocycles. The summed E-state index contributed by atoms with van der Waals surface area (Å²) in [5.41, 5.74) is 2.16. The van der Waals surface area contributed by atoms with E-state index in [9.17, 15) is 0 Å². The van der Waals surface area contributed by atoms with E-state index in [0.29, 0.717) is 23.2 Å². The van der Waals surface area contributed by atoms with E-state index in [2.05, 4.69) is 11.4 Å². The molecule has 4 nitrogen and oxygen atoms in total. The Morgan fingerprint density at radius 1 is 1.00 bits per heavy atom. The van der Waals surface area contributed by atoms with Crippen molar-refractivity contribution in [2.75, 3.05) is 5.32 Å². The van der Waals surface area contributed by atoms with Gasteiger partial charge >= 0.3 is 0 Å². The van der Waals surface area contributed by atoms with Crippen molar-refractivity contribution in [1.29, 1.82) is 15.8 Å². The summed E-state index contributed by atoms with van der Waals surface area (Å²) in [7, 11) is 0. The third-order valence-electron chi connectivity index (χ3n) is 2.51. The first kappa shape index (κ1) is 12.6. The SMILES string of the molecule is N#Cc1csc(CNc2ccc(C#N)c(C#N)c2)c1. The van der Waals surface area contributed by atoms with Crippen molar-refractivity contribution in [3.8, 4) is 18.2 Å². The fraction of sp³-hybridized carbons (Fsp3) is 0.0714. The lowest BCUT2D eigenvalue weighted by Crippen LogP contribution is -1.98. The summed E-state index contributed by atoms with van der Waals surface area (Å²) < 4.78 is 0. The number of nitrogens with one attached hydrogen (secondary N) is 1. The third-order valence-corrected chi connectivity index (χ3v) is 3.45. The van der Waals surface area contributed by atoms with Crippen LogP contribution in [0, 0.1) is 34.0 Å². The summed E-state index contributed by atoms with van der Waals surface area (Å²) in [6, 6.07) is 12.9. The average Bonchev–Trinajstić information content (AvgIpc) is 2.92. The fourth-order valence-electron chi connectivity index (χ4n) is 1.57. The molecule has 1 aromatic carbocycles. The zero-order chi connectivity index (χ0) is 13.7. The molecule has 0 bridgehead atoms. The monoisotopic (exact) mass is 264 g/mol. The van der Waals surface area contributed by atoms with Crippen molar-refractivity contribution in [3.05, 3.63) is 51.2 Å². The van der Waals surface area contributed by atoms with Crippen LogP contribution in [-0.2, 0) is 6.54 Å². The zero-order valence-electron chi connectivity index (χ0n) is 9.84. The first-order chi connectivity index (χ1) is 9.26. The van der Waals surface area contributed by atoms with Crippen molar-refractivity contribution in [1.82, 2.24) is 0 Å². The molecule has 0 aliphatic rings. The molecule has 2 aromatic rings. The van der Waals surface area contributed by atoms with Gasteiger partial charge in [0.2, 0.25) is 0 Å². The summed E-state index contributed by atoms with van der Waals surface area (Å²) in [6.45, 7) is 0.586. The van der Waals surface area contributed by atoms with Crippen LogP contribution in [0.2, 0.25) is 0 Å². The van der Waals surface area contributed by atoms with Crippen molar-refractivity contribution in [2.45, 2.75) is 6.54 Å². The van der Waals surface area contributed by atoms with E-state index in [4.69, 9.17) is 15.8 Å². The molecule has 0 aliphatic heterocycles. The van der Waals surface area contributed by atoms with Crippen LogP contribution < -0.4 is 5.32 Å². The smallest absolute Gasteiger partial charge is 0.101 e. The predicted molar refractivity (Wildman–Crippen MR) is 72.2 cm³/mol. The molecule has 0 fully saturated rings. The molecule has 0 saturated heterocycles. The summed E-state index contributed by atoms with van der Waals surface area (Å²) in [6.07, 6.45) is 0. The number of nitriles is 3. The maximum Gasteiger partial charge on any atom is 0.101 e. The number of rotatable bonds is 3. The van der Waals surface area contributed by atoms with Gasteiger partial charge in [0.05, 0.1) is 16.7 Å². The van der Waals surface area contributed by atoms with Crippen LogP contribution in [0.3, 0.4) is 0 Å². The van der Waals surface area contributed by atoms with E-state index >= 15 is 0 Å². The van der Waals surface area contributed by atoms with E-state index in [1.807, 2.05) is 18.2 Å². The van der Waals surface area contributed by atoms with Crippen LogP contribution >= 0.6 is 11.3 Å². The molecule has 90 valence electrons. The van der Waals surface area contributed by atoms with Gasteiger partial charge in [-0.3, -0.25) is 0 Å². The van der Waals surface area contributed by atoms with Gasteiger partial charge < -0.3 is 5.32 Å². The van der Waals surface area contributed by atoms with Crippen molar-refractivity contribution in [3.63, 3.8) is 0 Å². The van der Waals surface area contributed by atoms with Gasteiger partial charge in [0, 0.05) is 22.5 Å².